The zero-order valence-electron chi connectivity index (χ0n) is 20.5. The zero-order valence-corrected chi connectivity index (χ0v) is 20.5. The summed E-state index contributed by atoms with van der Waals surface area (Å²) in [7, 11) is 0. The molecule has 2 heterocycles. The van der Waals surface area contributed by atoms with E-state index in [1.807, 2.05) is 48.5 Å². The lowest BCUT2D eigenvalue weighted by Crippen LogP contribution is -2.20. The molecule has 0 amide bonds. The van der Waals surface area contributed by atoms with E-state index in [1.165, 1.54) is 21.5 Å². The average Bonchev–Trinajstić information content (AvgIpc) is 3.16. The summed E-state index contributed by atoms with van der Waals surface area (Å²) in [6.45, 7) is 8.53. The van der Waals surface area contributed by atoms with E-state index in [-0.39, 0.29) is 5.56 Å². The van der Waals surface area contributed by atoms with E-state index in [9.17, 15) is 4.79 Å². The molecule has 35 heavy (non-hydrogen) atoms. The van der Waals surface area contributed by atoms with Crippen LogP contribution in [0, 0.1) is 20.8 Å². The third-order valence-corrected chi connectivity index (χ3v) is 6.49. The van der Waals surface area contributed by atoms with Crippen molar-refractivity contribution in [3.05, 3.63) is 117 Å². The predicted octanol–water partition coefficient (Wildman–Crippen LogP) is 6.22. The Labute approximate surface area is 205 Å². The first-order valence-corrected chi connectivity index (χ1v) is 11.9. The van der Waals surface area contributed by atoms with E-state index >= 15 is 0 Å². The van der Waals surface area contributed by atoms with Crippen molar-refractivity contribution in [2.24, 2.45) is 5.10 Å². The number of fused-ring (bicyclic) bond motifs is 1. The van der Waals surface area contributed by atoms with Gasteiger partial charge in [0.05, 0.1) is 22.8 Å². The summed E-state index contributed by atoms with van der Waals surface area (Å²) in [6, 6.07) is 25.7. The minimum atomic E-state index is -0.188. The van der Waals surface area contributed by atoms with Crippen molar-refractivity contribution in [3.8, 4) is 17.1 Å². The summed E-state index contributed by atoms with van der Waals surface area (Å²) in [5.74, 6) is 0.520. The van der Waals surface area contributed by atoms with Gasteiger partial charge in [0.15, 0.2) is 5.82 Å². The number of para-hydroxylation sites is 2. The number of hydrogen-bond donors (Lipinski definition) is 0. The Morgan fingerprint density at radius 1 is 0.914 bits per heavy atom. The van der Waals surface area contributed by atoms with Gasteiger partial charge in [0.2, 0.25) is 0 Å². The van der Waals surface area contributed by atoms with Crippen molar-refractivity contribution >= 4 is 17.1 Å². The normalized spacial score (nSPS) is 11.5. The van der Waals surface area contributed by atoms with Crippen LogP contribution in [0.15, 0.2) is 88.8 Å². The Balaban J connectivity index is 1.67. The van der Waals surface area contributed by atoms with Crippen LogP contribution in [-0.4, -0.2) is 20.4 Å². The van der Waals surface area contributed by atoms with Gasteiger partial charge < -0.3 is 4.57 Å². The summed E-state index contributed by atoms with van der Waals surface area (Å²) in [5, 5.41) is 5.22. The van der Waals surface area contributed by atoms with Gasteiger partial charge in [-0.1, -0.05) is 67.6 Å². The lowest BCUT2D eigenvalue weighted by molar-refractivity contribution is 0.829. The molecule has 0 aliphatic carbocycles. The van der Waals surface area contributed by atoms with Crippen LogP contribution in [0.4, 0.5) is 0 Å². The molecule has 5 rings (SSSR count). The largest absolute Gasteiger partial charge is 0.317 e. The Morgan fingerprint density at radius 3 is 2.43 bits per heavy atom. The summed E-state index contributed by atoms with van der Waals surface area (Å²) in [4.78, 5) is 18.2. The molecule has 0 N–H and O–H groups in total. The molecule has 174 valence electrons. The fraction of sp³-hybridized carbons (Fsp3) is 0.167. The molecule has 0 unspecified atom stereocenters. The molecule has 0 radical (unpaired) electrons. The standard InChI is InChI=1S/C30H28N4O/c1-5-23-15-11-12-20(2)28(23)33-21(3)18-25(22(33)4)19-31-34-29(24-13-7-6-8-14-24)32-27-17-10-9-16-26(27)30(34)35/h6-19H,5H2,1-4H3. The highest BCUT2D eigenvalue weighted by Crippen LogP contribution is 2.26. The summed E-state index contributed by atoms with van der Waals surface area (Å²) >= 11 is 0. The van der Waals surface area contributed by atoms with Crippen LogP contribution in [0.3, 0.4) is 0 Å². The summed E-state index contributed by atoms with van der Waals surface area (Å²) in [6.07, 6.45) is 2.73. The Bertz CT molecular complexity index is 1620. The second-order valence-electron chi connectivity index (χ2n) is 8.78. The third kappa shape index (κ3) is 3.99. The third-order valence-electron chi connectivity index (χ3n) is 6.49. The van der Waals surface area contributed by atoms with E-state index < -0.39 is 0 Å². The van der Waals surface area contributed by atoms with Crippen LogP contribution in [0.5, 0.6) is 0 Å². The van der Waals surface area contributed by atoms with Gasteiger partial charge in [0.25, 0.3) is 5.56 Å². The highest BCUT2D eigenvalue weighted by molar-refractivity contribution is 5.83. The summed E-state index contributed by atoms with van der Waals surface area (Å²) in [5.41, 5.74) is 8.24. The number of rotatable bonds is 5. The van der Waals surface area contributed by atoms with E-state index in [0.717, 1.165) is 28.9 Å². The minimum absolute atomic E-state index is 0.188. The molecule has 0 saturated heterocycles. The molecule has 0 atom stereocenters. The number of aromatic nitrogens is 3. The average molecular weight is 461 g/mol. The number of aryl methyl sites for hydroxylation is 3. The molecule has 0 saturated carbocycles. The highest BCUT2D eigenvalue weighted by Gasteiger charge is 2.15. The van der Waals surface area contributed by atoms with Crippen molar-refractivity contribution < 1.29 is 0 Å². The van der Waals surface area contributed by atoms with Gasteiger partial charge in [-0.3, -0.25) is 4.79 Å². The maximum absolute atomic E-state index is 13.5. The van der Waals surface area contributed by atoms with Crippen LogP contribution >= 0.6 is 0 Å². The smallest absolute Gasteiger partial charge is 0.282 e. The number of hydrogen-bond acceptors (Lipinski definition) is 3. The maximum Gasteiger partial charge on any atom is 0.282 e. The molecule has 0 aliphatic heterocycles. The van der Waals surface area contributed by atoms with E-state index in [0.29, 0.717) is 16.7 Å². The van der Waals surface area contributed by atoms with Crippen LogP contribution in [-0.2, 0) is 6.42 Å². The predicted molar refractivity (Wildman–Crippen MR) is 144 cm³/mol. The molecule has 0 spiro atoms. The minimum Gasteiger partial charge on any atom is -0.317 e. The maximum atomic E-state index is 13.5. The van der Waals surface area contributed by atoms with E-state index in [1.54, 1.807) is 12.3 Å². The molecule has 5 aromatic rings. The van der Waals surface area contributed by atoms with Gasteiger partial charge in [0.1, 0.15) is 0 Å². The van der Waals surface area contributed by atoms with Gasteiger partial charge in [-0.2, -0.15) is 9.78 Å². The lowest BCUT2D eigenvalue weighted by atomic mass is 10.1. The van der Waals surface area contributed by atoms with Crippen molar-refractivity contribution in [2.75, 3.05) is 0 Å². The van der Waals surface area contributed by atoms with Crippen molar-refractivity contribution in [1.29, 1.82) is 0 Å². The number of nitrogens with zero attached hydrogens (tertiary/aromatic N) is 4. The molecular weight excluding hydrogens is 432 g/mol. The molecule has 2 aromatic heterocycles. The second kappa shape index (κ2) is 9.18. The highest BCUT2D eigenvalue weighted by atomic mass is 16.1. The molecule has 5 nitrogen and oxygen atoms in total. The number of benzene rings is 3. The first-order chi connectivity index (χ1) is 17.0. The van der Waals surface area contributed by atoms with Crippen LogP contribution in [0.2, 0.25) is 0 Å². The second-order valence-corrected chi connectivity index (χ2v) is 8.78. The van der Waals surface area contributed by atoms with E-state index in [2.05, 4.69) is 61.6 Å². The molecule has 0 bridgehead atoms. The molecule has 0 fully saturated rings. The van der Waals surface area contributed by atoms with Crippen LogP contribution in [0.25, 0.3) is 28.0 Å². The van der Waals surface area contributed by atoms with Crippen LogP contribution in [0.1, 0.15) is 35.0 Å². The van der Waals surface area contributed by atoms with Crippen molar-refractivity contribution in [3.63, 3.8) is 0 Å². The quantitative estimate of drug-likeness (QED) is 0.292. The first kappa shape index (κ1) is 22.5. The molecule has 0 aliphatic rings. The topological polar surface area (TPSA) is 52.2 Å². The van der Waals surface area contributed by atoms with Gasteiger partial charge >= 0.3 is 0 Å². The van der Waals surface area contributed by atoms with E-state index in [4.69, 9.17) is 4.98 Å². The summed E-state index contributed by atoms with van der Waals surface area (Å²) < 4.78 is 3.70. The fourth-order valence-electron chi connectivity index (χ4n) is 4.71. The SMILES string of the molecule is CCc1cccc(C)c1-n1c(C)cc(C=Nn2c(-c3ccccc3)nc3ccccc3c2=O)c1C. The zero-order chi connectivity index (χ0) is 24.5. The Morgan fingerprint density at radius 2 is 1.66 bits per heavy atom. The molecule has 5 heteroatoms. The Hall–Kier alpha value is -4.25. The van der Waals surface area contributed by atoms with Crippen molar-refractivity contribution in [2.45, 2.75) is 34.1 Å². The lowest BCUT2D eigenvalue weighted by Gasteiger charge is -2.17. The van der Waals surface area contributed by atoms with Crippen molar-refractivity contribution in [1.82, 2.24) is 14.2 Å². The fourth-order valence-corrected chi connectivity index (χ4v) is 4.71. The Kier molecular flexibility index (Phi) is 5.91. The monoisotopic (exact) mass is 460 g/mol. The van der Waals surface area contributed by atoms with Crippen LogP contribution < -0.4 is 5.56 Å². The van der Waals surface area contributed by atoms with Gasteiger partial charge in [-0.25, -0.2) is 4.98 Å². The molecule has 3 aromatic carbocycles. The first-order valence-electron chi connectivity index (χ1n) is 11.9. The van der Waals surface area contributed by atoms with Gasteiger partial charge in [-0.05, 0) is 56.5 Å². The molecular formula is C30H28N4O. The van der Waals surface area contributed by atoms with Gasteiger partial charge in [-0.15, -0.1) is 0 Å². The van der Waals surface area contributed by atoms with Gasteiger partial charge in [0, 0.05) is 22.5 Å².